The van der Waals surface area contributed by atoms with Crippen LogP contribution < -0.4 is 5.32 Å². The molecule has 0 radical (unpaired) electrons. The van der Waals surface area contributed by atoms with E-state index in [2.05, 4.69) is 44.3 Å². The molecule has 1 aliphatic rings. The number of benzene rings is 1. The Balaban J connectivity index is 1.66. The number of carbonyl (C=O) groups is 1. The fourth-order valence-electron chi connectivity index (χ4n) is 2.64. The lowest BCUT2D eigenvalue weighted by Gasteiger charge is -2.25. The fraction of sp³-hybridized carbons (Fsp3) is 0.312. The molecule has 0 aliphatic heterocycles. The summed E-state index contributed by atoms with van der Waals surface area (Å²) in [5.41, 5.74) is 3.04. The van der Waals surface area contributed by atoms with Gasteiger partial charge in [0.05, 0.1) is 19.5 Å². The number of anilines is 1. The lowest BCUT2D eigenvalue weighted by Crippen LogP contribution is -2.27. The molecule has 21 heavy (non-hydrogen) atoms. The van der Waals surface area contributed by atoms with Crippen LogP contribution in [0.4, 0.5) is 5.82 Å². The third kappa shape index (κ3) is 3.02. The van der Waals surface area contributed by atoms with E-state index in [-0.39, 0.29) is 5.69 Å². The first-order valence-corrected chi connectivity index (χ1v) is 7.00. The van der Waals surface area contributed by atoms with Gasteiger partial charge in [-0.15, -0.1) is 0 Å². The van der Waals surface area contributed by atoms with Crippen LogP contribution in [-0.2, 0) is 17.6 Å². The molecule has 1 unspecified atom stereocenters. The number of fused-ring (bicyclic) bond motifs is 1. The van der Waals surface area contributed by atoms with E-state index >= 15 is 0 Å². The molecule has 3 rings (SSSR count). The maximum atomic E-state index is 11.3. The molecule has 1 aromatic heterocycles. The van der Waals surface area contributed by atoms with Crippen LogP contribution in [0, 0.1) is 0 Å². The number of ether oxygens (including phenoxy) is 1. The van der Waals surface area contributed by atoms with Gasteiger partial charge in [-0.1, -0.05) is 24.3 Å². The normalized spacial score (nSPS) is 16.9. The Hall–Kier alpha value is -2.43. The van der Waals surface area contributed by atoms with Gasteiger partial charge in [0, 0.05) is 6.04 Å². The van der Waals surface area contributed by atoms with Crippen LogP contribution in [0.15, 0.2) is 36.7 Å². The molecule has 0 amide bonds. The third-order valence-electron chi connectivity index (χ3n) is 3.75. The van der Waals surface area contributed by atoms with E-state index in [0.29, 0.717) is 11.9 Å². The number of methoxy groups -OCH3 is 1. The summed E-state index contributed by atoms with van der Waals surface area (Å²) >= 11 is 0. The summed E-state index contributed by atoms with van der Waals surface area (Å²) in [5.74, 6) is 0.215. The first kappa shape index (κ1) is 13.5. The average molecular weight is 283 g/mol. The zero-order chi connectivity index (χ0) is 14.7. The smallest absolute Gasteiger partial charge is 0.358 e. The van der Waals surface area contributed by atoms with Crippen LogP contribution >= 0.6 is 0 Å². The lowest BCUT2D eigenvalue weighted by atomic mass is 9.88. The summed E-state index contributed by atoms with van der Waals surface area (Å²) in [6.07, 6.45) is 6.13. The topological polar surface area (TPSA) is 64.1 Å². The Kier molecular flexibility index (Phi) is 3.81. The highest BCUT2D eigenvalue weighted by atomic mass is 16.5. The van der Waals surface area contributed by atoms with Gasteiger partial charge in [-0.3, -0.25) is 0 Å². The molecule has 1 aromatic carbocycles. The zero-order valence-corrected chi connectivity index (χ0v) is 11.9. The van der Waals surface area contributed by atoms with Crippen LogP contribution in [0.1, 0.15) is 28.0 Å². The van der Waals surface area contributed by atoms with E-state index < -0.39 is 5.97 Å². The summed E-state index contributed by atoms with van der Waals surface area (Å²) < 4.78 is 4.60. The zero-order valence-electron chi connectivity index (χ0n) is 11.9. The highest BCUT2D eigenvalue weighted by Crippen LogP contribution is 2.22. The summed E-state index contributed by atoms with van der Waals surface area (Å²) in [6.45, 7) is 0. The second kappa shape index (κ2) is 5.91. The van der Waals surface area contributed by atoms with Crippen molar-refractivity contribution in [3.8, 4) is 0 Å². The second-order valence-corrected chi connectivity index (χ2v) is 5.13. The van der Waals surface area contributed by atoms with E-state index in [1.54, 1.807) is 6.20 Å². The van der Waals surface area contributed by atoms with Crippen molar-refractivity contribution in [2.24, 2.45) is 0 Å². The van der Waals surface area contributed by atoms with Crippen molar-refractivity contribution >= 4 is 11.8 Å². The Morgan fingerprint density at radius 2 is 2.05 bits per heavy atom. The van der Waals surface area contributed by atoms with Gasteiger partial charge in [0.1, 0.15) is 5.82 Å². The number of aromatic nitrogens is 2. The number of carbonyl (C=O) groups excluding carboxylic acids is 1. The van der Waals surface area contributed by atoms with Gasteiger partial charge >= 0.3 is 5.97 Å². The molecule has 1 N–H and O–H groups in total. The van der Waals surface area contributed by atoms with Crippen LogP contribution in [0.5, 0.6) is 0 Å². The summed E-state index contributed by atoms with van der Waals surface area (Å²) in [7, 11) is 1.33. The minimum absolute atomic E-state index is 0.219. The molecule has 2 aromatic rings. The number of hydrogen-bond donors (Lipinski definition) is 1. The van der Waals surface area contributed by atoms with Gasteiger partial charge in [-0.25, -0.2) is 14.8 Å². The molecule has 5 heteroatoms. The summed E-state index contributed by atoms with van der Waals surface area (Å²) in [5, 5.41) is 3.38. The summed E-state index contributed by atoms with van der Waals surface area (Å²) in [4.78, 5) is 19.6. The molecular formula is C16H17N3O2. The van der Waals surface area contributed by atoms with E-state index in [0.717, 1.165) is 19.3 Å². The molecule has 1 atom stereocenters. The van der Waals surface area contributed by atoms with Crippen molar-refractivity contribution in [2.45, 2.75) is 25.3 Å². The van der Waals surface area contributed by atoms with Crippen LogP contribution in [0.3, 0.4) is 0 Å². The first-order chi connectivity index (χ1) is 10.3. The monoisotopic (exact) mass is 283 g/mol. The molecule has 5 nitrogen and oxygen atoms in total. The first-order valence-electron chi connectivity index (χ1n) is 7.00. The van der Waals surface area contributed by atoms with Crippen LogP contribution in [-0.4, -0.2) is 29.1 Å². The molecular weight excluding hydrogens is 266 g/mol. The molecule has 0 spiro atoms. The molecule has 0 fully saturated rings. The molecule has 0 saturated heterocycles. The number of hydrogen-bond acceptors (Lipinski definition) is 5. The highest BCUT2D eigenvalue weighted by Gasteiger charge is 2.18. The van der Waals surface area contributed by atoms with Crippen molar-refractivity contribution in [1.29, 1.82) is 0 Å². The number of nitrogens with one attached hydrogen (secondary N) is 1. The van der Waals surface area contributed by atoms with Crippen molar-refractivity contribution in [2.75, 3.05) is 12.4 Å². The van der Waals surface area contributed by atoms with Gasteiger partial charge in [0.15, 0.2) is 5.69 Å². The van der Waals surface area contributed by atoms with Gasteiger partial charge in [0.2, 0.25) is 0 Å². The standard InChI is InChI=1S/C16H17N3O2/c1-21-16(20)14-9-18-15(10-17-14)19-13-7-6-11-4-2-3-5-12(11)8-13/h2-5,9-10,13H,6-8H2,1H3,(H,18,19). The second-order valence-electron chi connectivity index (χ2n) is 5.13. The number of aryl methyl sites for hydroxylation is 1. The summed E-state index contributed by atoms with van der Waals surface area (Å²) in [6, 6.07) is 8.87. The Labute approximate surface area is 123 Å². The van der Waals surface area contributed by atoms with E-state index in [9.17, 15) is 4.79 Å². The molecule has 1 heterocycles. The van der Waals surface area contributed by atoms with Gasteiger partial charge in [-0.05, 0) is 30.4 Å². The quantitative estimate of drug-likeness (QED) is 0.875. The average Bonchev–Trinajstić information content (AvgIpc) is 2.55. The Bertz CT molecular complexity index is 640. The minimum Gasteiger partial charge on any atom is -0.464 e. The van der Waals surface area contributed by atoms with Crippen molar-refractivity contribution < 1.29 is 9.53 Å². The molecule has 0 bridgehead atoms. The largest absolute Gasteiger partial charge is 0.464 e. The predicted molar refractivity (Wildman–Crippen MR) is 79.2 cm³/mol. The Morgan fingerprint density at radius 1 is 1.24 bits per heavy atom. The van der Waals surface area contributed by atoms with Gasteiger partial charge < -0.3 is 10.1 Å². The lowest BCUT2D eigenvalue weighted by molar-refractivity contribution is 0.0593. The minimum atomic E-state index is -0.472. The van der Waals surface area contributed by atoms with Crippen molar-refractivity contribution in [1.82, 2.24) is 9.97 Å². The van der Waals surface area contributed by atoms with Crippen LogP contribution in [0.25, 0.3) is 0 Å². The van der Waals surface area contributed by atoms with E-state index in [1.807, 2.05) is 0 Å². The predicted octanol–water partition coefficient (Wildman–Crippen LogP) is 2.23. The molecule has 108 valence electrons. The van der Waals surface area contributed by atoms with Crippen molar-refractivity contribution in [3.63, 3.8) is 0 Å². The number of rotatable bonds is 3. The molecule has 1 aliphatic carbocycles. The van der Waals surface area contributed by atoms with Gasteiger partial charge in [0.25, 0.3) is 0 Å². The van der Waals surface area contributed by atoms with Gasteiger partial charge in [-0.2, -0.15) is 0 Å². The maximum absolute atomic E-state index is 11.3. The number of nitrogens with zero attached hydrogens (tertiary/aromatic N) is 2. The van der Waals surface area contributed by atoms with E-state index in [1.165, 1.54) is 24.4 Å². The third-order valence-corrected chi connectivity index (χ3v) is 3.75. The Morgan fingerprint density at radius 3 is 2.76 bits per heavy atom. The van der Waals surface area contributed by atoms with E-state index in [4.69, 9.17) is 0 Å². The van der Waals surface area contributed by atoms with Crippen LogP contribution in [0.2, 0.25) is 0 Å². The number of esters is 1. The highest BCUT2D eigenvalue weighted by molar-refractivity contribution is 5.86. The SMILES string of the molecule is COC(=O)c1cnc(NC2CCc3ccccc3C2)cn1. The molecule has 0 saturated carbocycles. The fourth-order valence-corrected chi connectivity index (χ4v) is 2.64. The maximum Gasteiger partial charge on any atom is 0.358 e. The van der Waals surface area contributed by atoms with Crippen molar-refractivity contribution in [3.05, 3.63) is 53.5 Å².